The molecule has 5 rings (SSSR count). The molecule has 3 aliphatic rings. The number of ether oxygens (including phenoxy) is 1. The molecule has 4 heterocycles. The summed E-state index contributed by atoms with van der Waals surface area (Å²) in [4.78, 5) is 56.5. The summed E-state index contributed by atoms with van der Waals surface area (Å²) in [5.74, 6) is 1.82. The molecule has 8 N–H and O–H groups in total. The number of halogens is 1. The molecule has 1 unspecified atom stereocenters. The number of H-pyrrole nitrogens is 1. The zero-order chi connectivity index (χ0) is 38.8. The number of allylic oxidation sites excluding steroid dienone is 1. The molecule has 0 spiro atoms. The number of nitrogens with two attached hydrogens (primary N) is 1. The van der Waals surface area contributed by atoms with E-state index in [9.17, 15) is 34.8 Å². The highest BCUT2D eigenvalue weighted by Gasteiger charge is 2.27. The van der Waals surface area contributed by atoms with Crippen molar-refractivity contribution in [2.45, 2.75) is 84.5 Å². The zero-order valence-corrected chi connectivity index (χ0v) is 32.8. The minimum atomic E-state index is -1.64. The standard InChI is InChI=1S/C17H20N4O6.C17H26N4O3S2.ClH/c1-7-3-9-10(4-8(7)2)21(5-11(23)14(25)12(24)6-22)15-13(18-9)16(26)20-17(27)19-15;1-12(16(5-6-22)26-25-10-15-4-3-7-24-15)21(11-23)9-14-8-19-13(2)20-17(14)18;/h3-4,11-12,14,22-25H,5-6H2,1-2H3,(H,20,26,27);8,11,15,22H,3-7,9-10H2,1-2H3,(H2,18,19,20);1H/b;16-12+;/t11-,12+,14-;;/m0../s1. The lowest BCUT2D eigenvalue weighted by Crippen LogP contribution is -2.42. The second kappa shape index (κ2) is 20.9. The van der Waals surface area contributed by atoms with Gasteiger partial charge in [0.2, 0.25) is 6.41 Å². The van der Waals surface area contributed by atoms with Gasteiger partial charge in [0, 0.05) is 47.7 Å². The predicted octanol–water partition coefficient (Wildman–Crippen LogP) is 1.20. The van der Waals surface area contributed by atoms with E-state index in [-0.39, 0.29) is 37.1 Å². The van der Waals surface area contributed by atoms with Crippen LogP contribution in [-0.4, -0.2) is 116 Å². The number of hydrogen-bond acceptors (Lipinski definition) is 16. The normalized spacial score (nSPS) is 16.2. The Labute approximate surface area is 325 Å². The van der Waals surface area contributed by atoms with Gasteiger partial charge in [0.1, 0.15) is 30.0 Å². The largest absolute Gasteiger partial charge is 0.396 e. The lowest BCUT2D eigenvalue weighted by Gasteiger charge is -2.25. The summed E-state index contributed by atoms with van der Waals surface area (Å²) < 4.78 is 7.03. The van der Waals surface area contributed by atoms with Crippen molar-refractivity contribution in [3.63, 3.8) is 0 Å². The van der Waals surface area contributed by atoms with E-state index in [4.69, 9.17) is 15.6 Å². The molecule has 296 valence electrons. The van der Waals surface area contributed by atoms with Gasteiger partial charge in [0.15, 0.2) is 11.5 Å². The fourth-order valence-electron chi connectivity index (χ4n) is 5.45. The molecule has 3 aliphatic heterocycles. The van der Waals surface area contributed by atoms with Crippen LogP contribution in [0, 0.1) is 20.8 Å². The van der Waals surface area contributed by atoms with Gasteiger partial charge in [-0.2, -0.15) is 4.98 Å². The molecule has 20 heteroatoms. The monoisotopic (exact) mass is 810 g/mol. The Balaban J connectivity index is 0.000000285. The highest BCUT2D eigenvalue weighted by Crippen LogP contribution is 2.37. The number of carbonyl (C=O) groups excluding carboxylic acids is 1. The lowest BCUT2D eigenvalue weighted by atomic mass is 10.1. The van der Waals surface area contributed by atoms with E-state index in [1.54, 1.807) is 51.7 Å². The van der Waals surface area contributed by atoms with E-state index in [1.807, 2.05) is 20.8 Å². The van der Waals surface area contributed by atoms with E-state index < -0.39 is 36.2 Å². The van der Waals surface area contributed by atoms with Gasteiger partial charge in [-0.1, -0.05) is 21.6 Å². The molecule has 0 saturated carbocycles. The number of hydrogen-bond donors (Lipinski definition) is 7. The number of nitrogen functional groups attached to an aromatic ring is 1. The summed E-state index contributed by atoms with van der Waals surface area (Å²) in [6, 6.07) is 3.53. The third-order valence-corrected chi connectivity index (χ3v) is 11.4. The van der Waals surface area contributed by atoms with Crippen LogP contribution in [0.25, 0.3) is 22.6 Å². The van der Waals surface area contributed by atoms with Gasteiger partial charge >= 0.3 is 5.69 Å². The SMILES string of the molecule is C/C(=C(/CCO)SSCC1CCCO1)N(C=O)Cc1cnc(C)nc1N.Cc1cc2nc3c(=O)[nH]c(=O)nc-3n(C[C@H](O)[C@H](O)[C@H](O)CO)c2cc1C.Cl. The van der Waals surface area contributed by atoms with Gasteiger partial charge in [-0.3, -0.25) is 14.6 Å². The molecular weight excluding hydrogens is 764 g/mol. The van der Waals surface area contributed by atoms with Crippen molar-refractivity contribution < 1.29 is 35.1 Å². The Morgan fingerprint density at radius 3 is 2.48 bits per heavy atom. The number of aliphatic hydroxyl groups is 5. The number of anilines is 1. The molecule has 1 saturated heterocycles. The molecule has 1 aromatic heterocycles. The van der Waals surface area contributed by atoms with Crippen molar-refractivity contribution in [1.82, 2.24) is 34.4 Å². The smallest absolute Gasteiger partial charge is 0.349 e. The molecule has 2 aromatic rings. The minimum absolute atomic E-state index is 0. The Kier molecular flexibility index (Phi) is 17.3. The molecule has 0 radical (unpaired) electrons. The fourth-order valence-corrected chi connectivity index (χ4v) is 8.18. The van der Waals surface area contributed by atoms with Crippen molar-refractivity contribution in [1.29, 1.82) is 0 Å². The maximum absolute atomic E-state index is 12.2. The fraction of sp³-hybridized carbons (Fsp3) is 0.500. The average molecular weight is 811 g/mol. The summed E-state index contributed by atoms with van der Waals surface area (Å²) in [5, 5.41) is 48.2. The van der Waals surface area contributed by atoms with Crippen LogP contribution in [-0.2, 0) is 22.6 Å². The van der Waals surface area contributed by atoms with Crippen molar-refractivity contribution in [3.8, 4) is 11.5 Å². The molecular formula is C34H47ClN8O9S2. The van der Waals surface area contributed by atoms with Crippen LogP contribution >= 0.6 is 34.0 Å². The highest BCUT2D eigenvalue weighted by atomic mass is 35.5. The molecule has 1 aromatic carbocycles. The summed E-state index contributed by atoms with van der Waals surface area (Å²) in [6.07, 6.45) is 0.754. The topological polar surface area (TPSA) is 263 Å². The van der Waals surface area contributed by atoms with Gasteiger partial charge in [-0.05, 0) is 63.8 Å². The summed E-state index contributed by atoms with van der Waals surface area (Å²) in [6.45, 7) is 7.55. The Hall–Kier alpha value is -3.66. The number of benzene rings is 1. The third kappa shape index (κ3) is 11.4. The number of rotatable bonds is 15. The van der Waals surface area contributed by atoms with Gasteiger partial charge in [0.25, 0.3) is 5.56 Å². The van der Waals surface area contributed by atoms with Gasteiger partial charge < -0.3 is 45.5 Å². The number of nitrogens with zero attached hydrogens (tertiary/aromatic N) is 6. The Morgan fingerprint density at radius 2 is 1.85 bits per heavy atom. The Morgan fingerprint density at radius 1 is 1.13 bits per heavy atom. The Bertz CT molecular complexity index is 1990. The van der Waals surface area contributed by atoms with Crippen molar-refractivity contribution in [2.75, 3.05) is 31.3 Å². The third-order valence-electron chi connectivity index (χ3n) is 8.67. The van der Waals surface area contributed by atoms with Crippen LogP contribution < -0.4 is 17.0 Å². The van der Waals surface area contributed by atoms with E-state index in [1.165, 1.54) is 4.57 Å². The van der Waals surface area contributed by atoms with Crippen LogP contribution in [0.4, 0.5) is 5.82 Å². The van der Waals surface area contributed by atoms with Crippen LogP contribution in [0.1, 0.15) is 48.7 Å². The molecule has 4 atom stereocenters. The molecule has 1 fully saturated rings. The minimum Gasteiger partial charge on any atom is -0.396 e. The molecule has 54 heavy (non-hydrogen) atoms. The van der Waals surface area contributed by atoms with Crippen LogP contribution in [0.3, 0.4) is 0 Å². The number of carbonyl (C=O) groups is 1. The predicted molar refractivity (Wildman–Crippen MR) is 209 cm³/mol. The van der Waals surface area contributed by atoms with Crippen LogP contribution in [0.5, 0.6) is 0 Å². The highest BCUT2D eigenvalue weighted by molar-refractivity contribution is 8.78. The summed E-state index contributed by atoms with van der Waals surface area (Å²) in [7, 11) is 3.29. The number of aryl methyl sites for hydroxylation is 3. The number of aromatic amines is 1. The van der Waals surface area contributed by atoms with Gasteiger partial charge in [0.05, 0.1) is 36.8 Å². The van der Waals surface area contributed by atoms with Gasteiger partial charge in [-0.15, -0.1) is 12.4 Å². The number of aromatic nitrogens is 6. The lowest BCUT2D eigenvalue weighted by molar-refractivity contribution is -0.116. The van der Waals surface area contributed by atoms with Crippen LogP contribution in [0.2, 0.25) is 0 Å². The van der Waals surface area contributed by atoms with Crippen molar-refractivity contribution in [2.24, 2.45) is 0 Å². The van der Waals surface area contributed by atoms with E-state index in [2.05, 4.69) is 24.9 Å². The average Bonchev–Trinajstić information content (AvgIpc) is 3.65. The van der Waals surface area contributed by atoms with E-state index >= 15 is 0 Å². The van der Waals surface area contributed by atoms with Crippen molar-refractivity contribution in [3.05, 3.63) is 72.3 Å². The first-order chi connectivity index (χ1) is 25.3. The van der Waals surface area contributed by atoms with Gasteiger partial charge in [-0.25, -0.2) is 19.7 Å². The molecule has 17 nitrogen and oxygen atoms in total. The second-order valence-corrected chi connectivity index (χ2v) is 15.0. The number of nitrogens with one attached hydrogen (secondary N) is 1. The number of aliphatic hydroxyl groups excluding tert-OH is 5. The maximum Gasteiger partial charge on any atom is 0.349 e. The maximum atomic E-state index is 12.2. The first-order valence-electron chi connectivity index (χ1n) is 16.9. The van der Waals surface area contributed by atoms with E-state index in [0.29, 0.717) is 47.3 Å². The number of fused-ring (bicyclic) bond motifs is 2. The van der Waals surface area contributed by atoms with Crippen LogP contribution in [0.15, 0.2) is 38.5 Å². The molecule has 0 bridgehead atoms. The van der Waals surface area contributed by atoms with E-state index in [0.717, 1.165) is 53.3 Å². The first-order valence-corrected chi connectivity index (χ1v) is 19.2. The zero-order valence-electron chi connectivity index (χ0n) is 30.3. The second-order valence-electron chi connectivity index (χ2n) is 12.5. The first kappa shape index (κ1) is 44.7. The quantitative estimate of drug-likeness (QED) is 0.0505. The molecule has 0 aliphatic carbocycles. The summed E-state index contributed by atoms with van der Waals surface area (Å²) >= 11 is 0. The van der Waals surface area contributed by atoms with Crippen molar-refractivity contribution >= 4 is 57.3 Å². The molecule has 1 amide bonds. The number of amides is 1. The summed E-state index contributed by atoms with van der Waals surface area (Å²) in [5.41, 5.74) is 8.55.